The van der Waals surface area contributed by atoms with Crippen LogP contribution in [-0.2, 0) is 71.4 Å². The lowest BCUT2D eigenvalue weighted by molar-refractivity contribution is -0.173. The largest absolute Gasteiger partial charge is 0.462 e. The van der Waals surface area contributed by atoms with Gasteiger partial charge in [0.2, 0.25) is 0 Å². The molecule has 0 N–H and O–H groups in total. The summed E-state index contributed by atoms with van der Waals surface area (Å²) in [6.45, 7) is 15.9. The summed E-state index contributed by atoms with van der Waals surface area (Å²) in [4.78, 5) is 76.4. The zero-order valence-corrected chi connectivity index (χ0v) is 59.5. The van der Waals surface area contributed by atoms with Crippen molar-refractivity contribution >= 4 is 35.8 Å². The maximum atomic E-state index is 13.0. The van der Waals surface area contributed by atoms with Gasteiger partial charge in [-0.2, -0.15) is 0 Å². The molecule has 534 valence electrons. The van der Waals surface area contributed by atoms with E-state index in [1.165, 1.54) is 103 Å². The van der Waals surface area contributed by atoms with Gasteiger partial charge in [0, 0.05) is 0 Å². The van der Waals surface area contributed by atoms with Crippen LogP contribution in [0.4, 0.5) is 0 Å². The molecule has 0 heterocycles. The number of hydrogen-bond acceptors (Lipinski definition) is 15. The van der Waals surface area contributed by atoms with Crippen LogP contribution < -0.4 is 0 Å². The van der Waals surface area contributed by atoms with E-state index in [4.69, 9.17) is 42.6 Å². The van der Waals surface area contributed by atoms with Crippen molar-refractivity contribution < 1.29 is 71.4 Å². The molecule has 0 aromatic rings. The third-order valence-electron chi connectivity index (χ3n) is 32.6. The third kappa shape index (κ3) is 12.2. The summed E-state index contributed by atoms with van der Waals surface area (Å²) in [5, 5.41) is 0. The van der Waals surface area contributed by atoms with Crippen molar-refractivity contribution in [2.75, 3.05) is 33.6 Å². The number of fused-ring (bicyclic) bond motifs is 33. The van der Waals surface area contributed by atoms with E-state index in [9.17, 15) is 28.8 Å². The van der Waals surface area contributed by atoms with E-state index in [0.29, 0.717) is 113 Å². The van der Waals surface area contributed by atoms with Crippen LogP contribution in [0, 0.1) is 189 Å². The number of rotatable bonds is 23. The van der Waals surface area contributed by atoms with Gasteiger partial charge in [-0.3, -0.25) is 28.8 Å². The van der Waals surface area contributed by atoms with Gasteiger partial charge in [-0.15, -0.1) is 0 Å². The molecule has 18 aliphatic rings. The number of carbonyl (C=O) groups excluding carboxylic acids is 6. The Hall–Kier alpha value is -3.30. The number of esters is 6. The van der Waals surface area contributed by atoms with Crippen LogP contribution in [0.15, 0.2) is 0 Å². The highest BCUT2D eigenvalue weighted by Crippen LogP contribution is 2.72. The molecule has 18 bridgehead atoms. The molecular weight excluding hydrogens is 1210 g/mol. The van der Waals surface area contributed by atoms with E-state index in [-0.39, 0.29) is 104 Å². The Morgan fingerprint density at radius 3 is 1.08 bits per heavy atom. The molecule has 0 saturated heterocycles. The van der Waals surface area contributed by atoms with E-state index in [2.05, 4.69) is 0 Å². The van der Waals surface area contributed by atoms with Crippen molar-refractivity contribution in [2.24, 2.45) is 189 Å². The molecule has 0 amide bonds. The maximum absolute atomic E-state index is 13.0. The Morgan fingerprint density at radius 1 is 0.365 bits per heavy atom. The predicted octanol–water partition coefficient (Wildman–Crippen LogP) is 14.6. The molecule has 0 aromatic carbocycles. The molecular formula is C81H120O15. The van der Waals surface area contributed by atoms with Crippen LogP contribution in [0.1, 0.15) is 222 Å². The minimum Gasteiger partial charge on any atom is -0.462 e. The molecule has 15 nitrogen and oxygen atoms in total. The molecule has 96 heavy (non-hydrogen) atoms. The van der Waals surface area contributed by atoms with Crippen LogP contribution in [0.2, 0.25) is 0 Å². The summed E-state index contributed by atoms with van der Waals surface area (Å²) in [5.41, 5.74) is -0.416. The summed E-state index contributed by atoms with van der Waals surface area (Å²) in [7, 11) is 0. The second-order valence-corrected chi connectivity index (χ2v) is 37.1. The molecule has 0 spiro atoms. The second kappa shape index (κ2) is 27.1. The smallest absolute Gasteiger partial charge is 0.311 e. The average molecular weight is 1330 g/mol. The topological polar surface area (TPSA) is 185 Å². The SMILES string of the molecule is CCC(C)(C)C(=O)OC1CC2CC1C1C3CC(CC3C(=O)OCOCC3CC4CCC3C4)C21.CCC(C)C(=O)OC1CC2CC1C1C3CC(CC3C(=O)OCOC3CC4CCC3C4)C21.CCC(C)C(=O)OC1CC2CC1C1C3CC(CC3C(=O)OCOCC3CC4CCC3C4)C21. The fourth-order valence-corrected chi connectivity index (χ4v) is 27.8. The summed E-state index contributed by atoms with van der Waals surface area (Å²) in [6.07, 6.45) is 32.1. The minimum atomic E-state index is -0.416. The van der Waals surface area contributed by atoms with Crippen molar-refractivity contribution in [3.05, 3.63) is 0 Å². The minimum absolute atomic E-state index is 0.0186. The zero-order chi connectivity index (χ0) is 66.2. The molecule has 18 rings (SSSR count). The second-order valence-electron chi connectivity index (χ2n) is 37.1. The van der Waals surface area contributed by atoms with Gasteiger partial charge >= 0.3 is 35.8 Å². The van der Waals surface area contributed by atoms with Crippen LogP contribution in [-0.4, -0.2) is 93.8 Å². The Morgan fingerprint density at radius 2 is 0.729 bits per heavy atom. The predicted molar refractivity (Wildman–Crippen MR) is 354 cm³/mol. The quantitative estimate of drug-likeness (QED) is 0.0309. The molecule has 0 aromatic heterocycles. The van der Waals surface area contributed by atoms with Gasteiger partial charge in [0.15, 0.2) is 20.4 Å². The van der Waals surface area contributed by atoms with Crippen molar-refractivity contribution in [2.45, 2.75) is 246 Å². The molecule has 15 heteroatoms. The monoisotopic (exact) mass is 1330 g/mol. The molecule has 18 aliphatic carbocycles. The van der Waals surface area contributed by atoms with Crippen molar-refractivity contribution in [3.8, 4) is 0 Å². The van der Waals surface area contributed by atoms with Crippen LogP contribution in [0.25, 0.3) is 0 Å². The lowest BCUT2D eigenvalue weighted by Crippen LogP contribution is -2.43. The van der Waals surface area contributed by atoms with Gasteiger partial charge in [0.25, 0.3) is 0 Å². The lowest BCUT2D eigenvalue weighted by atomic mass is 9.66. The molecule has 18 saturated carbocycles. The standard InChI is InChI=1S/C28H42O5.C27H40O5.C26H38O5/c1-4-28(2,3)27(30)33-23-12-18-11-22(23)25-20-9-17(24(18)25)10-21(20)26(29)32-14-31-13-19-8-15-5-6-16(19)7-15;1-3-14(2)26(28)32-23-11-18-10-22(23)25-20-8-17(24(18)25)9-21(20)27(29)31-13-30-12-19-7-15-4-5-16(19)6-15;1-3-13(2)25(27)31-22-11-17-10-20(22)24-18-8-16(23(17)24)9-19(18)26(28)30-12-29-21-7-14-4-5-15(21)6-14/h15-25H,4-14H2,1-3H3;14-25H,3-13H2,1-2H3;13-24H,3-12H2,1-2H3. The Balaban J connectivity index is 0.000000113. The highest BCUT2D eigenvalue weighted by Gasteiger charge is 2.70. The van der Waals surface area contributed by atoms with Crippen LogP contribution in [0.5, 0.6) is 0 Å². The zero-order valence-electron chi connectivity index (χ0n) is 59.5. The first-order valence-corrected chi connectivity index (χ1v) is 40.3. The summed E-state index contributed by atoms with van der Waals surface area (Å²) in [5.74, 6) is 16.8. The normalized spacial score (nSPS) is 48.1. The number of ether oxygens (including phenoxy) is 9. The van der Waals surface area contributed by atoms with Gasteiger partial charge in [-0.25, -0.2) is 0 Å². The molecule has 35 atom stereocenters. The first-order chi connectivity index (χ1) is 46.4. The molecule has 18 fully saturated rings. The summed E-state index contributed by atoms with van der Waals surface area (Å²) < 4.78 is 52.6. The van der Waals surface area contributed by atoms with Gasteiger partial charge in [-0.05, 0) is 328 Å². The fraction of sp³-hybridized carbons (Fsp3) is 0.926. The average Bonchev–Trinajstić information content (AvgIpc) is 1.56. The first-order valence-electron chi connectivity index (χ1n) is 40.3. The van der Waals surface area contributed by atoms with E-state index >= 15 is 0 Å². The van der Waals surface area contributed by atoms with E-state index in [1.807, 2.05) is 48.5 Å². The first kappa shape index (κ1) is 67.2. The number of hydrogen-bond donors (Lipinski definition) is 0. The van der Waals surface area contributed by atoms with Crippen molar-refractivity contribution in [1.82, 2.24) is 0 Å². The third-order valence-corrected chi connectivity index (χ3v) is 32.6. The van der Waals surface area contributed by atoms with Gasteiger partial charge in [0.05, 0.1) is 54.3 Å². The van der Waals surface area contributed by atoms with Crippen molar-refractivity contribution in [1.29, 1.82) is 0 Å². The Kier molecular flexibility index (Phi) is 19.0. The van der Waals surface area contributed by atoms with Gasteiger partial charge in [-0.1, -0.05) is 47.5 Å². The molecule has 35 unspecified atom stereocenters. The van der Waals surface area contributed by atoms with Crippen LogP contribution in [0.3, 0.4) is 0 Å². The Bertz CT molecular complexity index is 2870. The Labute approximate surface area is 573 Å². The number of carbonyl (C=O) groups is 6. The van der Waals surface area contributed by atoms with Gasteiger partial charge < -0.3 is 42.6 Å². The maximum Gasteiger partial charge on any atom is 0.311 e. The van der Waals surface area contributed by atoms with Crippen molar-refractivity contribution in [3.63, 3.8) is 0 Å². The summed E-state index contributed by atoms with van der Waals surface area (Å²) in [6, 6.07) is 0. The van der Waals surface area contributed by atoms with E-state index in [0.717, 1.165) is 131 Å². The highest BCUT2D eigenvalue weighted by atomic mass is 16.7. The van der Waals surface area contributed by atoms with Gasteiger partial charge in [0.1, 0.15) is 18.3 Å². The van der Waals surface area contributed by atoms with E-state index < -0.39 is 5.41 Å². The highest BCUT2D eigenvalue weighted by molar-refractivity contribution is 5.77. The fourth-order valence-electron chi connectivity index (χ4n) is 27.8. The molecule has 0 radical (unpaired) electrons. The van der Waals surface area contributed by atoms with Crippen LogP contribution >= 0.6 is 0 Å². The van der Waals surface area contributed by atoms with E-state index in [1.54, 1.807) is 0 Å². The lowest BCUT2D eigenvalue weighted by Gasteiger charge is -2.41. The molecule has 0 aliphatic heterocycles. The summed E-state index contributed by atoms with van der Waals surface area (Å²) >= 11 is 0.